The number of amides is 2. The van der Waals surface area contributed by atoms with Crippen molar-refractivity contribution in [3.8, 4) is 0 Å². The summed E-state index contributed by atoms with van der Waals surface area (Å²) in [5.74, 6) is -1.60. The molecule has 1 aromatic carbocycles. The lowest BCUT2D eigenvalue weighted by atomic mass is 9.81. The summed E-state index contributed by atoms with van der Waals surface area (Å²) in [6.45, 7) is -0.315. The van der Waals surface area contributed by atoms with Gasteiger partial charge in [-0.25, -0.2) is 0 Å². The summed E-state index contributed by atoms with van der Waals surface area (Å²) in [4.78, 5) is 37.7. The van der Waals surface area contributed by atoms with E-state index in [0.29, 0.717) is 15.6 Å². The topological polar surface area (TPSA) is 63.7 Å². The fourth-order valence-electron chi connectivity index (χ4n) is 3.35. The van der Waals surface area contributed by atoms with Crippen molar-refractivity contribution in [2.24, 2.45) is 11.8 Å². The fraction of sp³-hybridized carbons (Fsp3) is 0.471. The maximum atomic E-state index is 12.3. The molecule has 24 heavy (non-hydrogen) atoms. The molecule has 0 N–H and O–H groups in total. The Balaban J connectivity index is 1.57. The summed E-state index contributed by atoms with van der Waals surface area (Å²) in [5.41, 5.74) is 0.686. The second kappa shape index (κ2) is 7.11. The average Bonchev–Trinajstić information content (AvgIpc) is 2.81. The number of hydrogen-bond donors (Lipinski definition) is 0. The van der Waals surface area contributed by atoms with Crippen LogP contribution in [0.2, 0.25) is 10.0 Å². The van der Waals surface area contributed by atoms with Crippen LogP contribution >= 0.6 is 23.2 Å². The van der Waals surface area contributed by atoms with Crippen LogP contribution < -0.4 is 0 Å². The molecule has 1 saturated heterocycles. The van der Waals surface area contributed by atoms with E-state index in [1.165, 1.54) is 0 Å². The van der Waals surface area contributed by atoms with Crippen molar-refractivity contribution in [2.75, 3.05) is 6.54 Å². The minimum absolute atomic E-state index is 0.0127. The molecule has 0 radical (unpaired) electrons. The largest absolute Gasteiger partial charge is 0.459 e. The molecule has 1 aliphatic carbocycles. The van der Waals surface area contributed by atoms with Gasteiger partial charge in [0.05, 0.1) is 21.9 Å². The summed E-state index contributed by atoms with van der Waals surface area (Å²) >= 11 is 11.7. The van der Waals surface area contributed by atoms with Crippen LogP contribution in [0.1, 0.15) is 31.2 Å². The number of hydrogen-bond acceptors (Lipinski definition) is 4. The predicted octanol–water partition coefficient (Wildman–Crippen LogP) is 3.21. The molecule has 0 aromatic heterocycles. The molecule has 0 unspecified atom stereocenters. The first-order valence-electron chi connectivity index (χ1n) is 7.92. The van der Waals surface area contributed by atoms with Crippen molar-refractivity contribution >= 4 is 41.0 Å². The van der Waals surface area contributed by atoms with Crippen LogP contribution in [0.4, 0.5) is 0 Å². The summed E-state index contributed by atoms with van der Waals surface area (Å²) < 4.78 is 5.15. The normalized spacial score (nSPS) is 23.3. The lowest BCUT2D eigenvalue weighted by Crippen LogP contribution is -2.36. The van der Waals surface area contributed by atoms with Gasteiger partial charge in [-0.1, -0.05) is 42.1 Å². The number of ether oxygens (including phenoxy) is 1. The second-order valence-electron chi connectivity index (χ2n) is 6.17. The molecule has 2 atom stereocenters. The summed E-state index contributed by atoms with van der Waals surface area (Å²) in [5, 5.41) is 0.793. The number of fused-ring (bicyclic) bond motifs is 1. The molecule has 0 bridgehead atoms. The zero-order chi connectivity index (χ0) is 17.3. The number of halogens is 2. The number of imide groups is 1. The van der Waals surface area contributed by atoms with E-state index in [9.17, 15) is 14.4 Å². The Morgan fingerprint density at radius 1 is 1.08 bits per heavy atom. The van der Waals surface area contributed by atoms with Gasteiger partial charge in [0.2, 0.25) is 11.8 Å². The van der Waals surface area contributed by atoms with Crippen molar-refractivity contribution in [1.29, 1.82) is 0 Å². The highest BCUT2D eigenvalue weighted by molar-refractivity contribution is 6.42. The number of likely N-dealkylation sites (tertiary alicyclic amines) is 1. The monoisotopic (exact) mass is 369 g/mol. The standard InChI is InChI=1S/C17H17Cl2NO4/c18-13-6-5-10(7-14(13)19)9-24-15(21)8-20-16(22)11-3-1-2-4-12(11)17(20)23/h5-7,11-12H,1-4,8-9H2/t11-,12-/m1/s1. The van der Waals surface area contributed by atoms with Gasteiger partial charge in [0, 0.05) is 0 Å². The van der Waals surface area contributed by atoms with E-state index in [4.69, 9.17) is 27.9 Å². The molecular formula is C17H17Cl2NO4. The second-order valence-corrected chi connectivity index (χ2v) is 6.98. The van der Waals surface area contributed by atoms with Gasteiger partial charge in [0.25, 0.3) is 0 Å². The van der Waals surface area contributed by atoms with E-state index in [0.717, 1.165) is 30.6 Å². The quantitative estimate of drug-likeness (QED) is 0.603. The van der Waals surface area contributed by atoms with Crippen LogP contribution in [0.5, 0.6) is 0 Å². The molecule has 7 heteroatoms. The van der Waals surface area contributed by atoms with Gasteiger partial charge >= 0.3 is 5.97 Å². The van der Waals surface area contributed by atoms with Crippen molar-refractivity contribution in [2.45, 2.75) is 32.3 Å². The lowest BCUT2D eigenvalue weighted by molar-refractivity contribution is -0.153. The zero-order valence-electron chi connectivity index (χ0n) is 13.0. The Kier molecular flexibility index (Phi) is 5.11. The fourth-order valence-corrected chi connectivity index (χ4v) is 3.68. The highest BCUT2D eigenvalue weighted by Gasteiger charge is 2.48. The lowest BCUT2D eigenvalue weighted by Gasteiger charge is -2.19. The van der Waals surface area contributed by atoms with Crippen LogP contribution in [-0.2, 0) is 25.7 Å². The van der Waals surface area contributed by atoms with Gasteiger partial charge in [0.1, 0.15) is 13.2 Å². The third-order valence-electron chi connectivity index (χ3n) is 4.60. The minimum Gasteiger partial charge on any atom is -0.459 e. The molecule has 5 nitrogen and oxygen atoms in total. The van der Waals surface area contributed by atoms with E-state index in [-0.39, 0.29) is 36.8 Å². The van der Waals surface area contributed by atoms with Crippen molar-refractivity contribution in [3.05, 3.63) is 33.8 Å². The van der Waals surface area contributed by atoms with Gasteiger partial charge in [-0.2, -0.15) is 0 Å². The predicted molar refractivity (Wildman–Crippen MR) is 88.4 cm³/mol. The summed E-state index contributed by atoms with van der Waals surface area (Å²) in [6, 6.07) is 4.92. The first kappa shape index (κ1) is 17.2. The molecule has 3 rings (SSSR count). The first-order chi connectivity index (χ1) is 11.5. The number of rotatable bonds is 4. The van der Waals surface area contributed by atoms with Gasteiger partial charge in [-0.05, 0) is 30.5 Å². The smallest absolute Gasteiger partial charge is 0.326 e. The van der Waals surface area contributed by atoms with Crippen LogP contribution in [0, 0.1) is 11.8 Å². The van der Waals surface area contributed by atoms with Gasteiger partial charge in [0.15, 0.2) is 0 Å². The maximum Gasteiger partial charge on any atom is 0.326 e. The molecule has 2 aliphatic rings. The molecule has 1 aromatic rings. The molecule has 1 heterocycles. The number of carbonyl (C=O) groups is 3. The van der Waals surface area contributed by atoms with E-state index in [1.54, 1.807) is 18.2 Å². The van der Waals surface area contributed by atoms with Crippen LogP contribution in [0.25, 0.3) is 0 Å². The van der Waals surface area contributed by atoms with E-state index in [1.807, 2.05) is 0 Å². The van der Waals surface area contributed by atoms with E-state index < -0.39 is 5.97 Å². The summed E-state index contributed by atoms with van der Waals surface area (Å²) in [6.07, 6.45) is 3.36. The number of benzene rings is 1. The molecule has 0 spiro atoms. The minimum atomic E-state index is -0.610. The highest BCUT2D eigenvalue weighted by Crippen LogP contribution is 2.37. The zero-order valence-corrected chi connectivity index (χ0v) is 14.5. The van der Waals surface area contributed by atoms with Crippen LogP contribution in [-0.4, -0.2) is 29.2 Å². The Bertz CT molecular complexity index is 667. The number of nitrogens with zero attached hydrogens (tertiary/aromatic N) is 1. The first-order valence-corrected chi connectivity index (χ1v) is 8.67. The molecule has 2 fully saturated rings. The summed E-state index contributed by atoms with van der Waals surface area (Å²) in [7, 11) is 0. The van der Waals surface area contributed by atoms with Crippen molar-refractivity contribution < 1.29 is 19.1 Å². The van der Waals surface area contributed by atoms with Crippen molar-refractivity contribution in [3.63, 3.8) is 0 Å². The molecular weight excluding hydrogens is 353 g/mol. The maximum absolute atomic E-state index is 12.3. The Morgan fingerprint density at radius 2 is 1.71 bits per heavy atom. The van der Waals surface area contributed by atoms with Crippen LogP contribution in [0.3, 0.4) is 0 Å². The number of esters is 1. The highest BCUT2D eigenvalue weighted by atomic mass is 35.5. The Hall–Kier alpha value is -1.59. The molecule has 128 valence electrons. The van der Waals surface area contributed by atoms with E-state index in [2.05, 4.69) is 0 Å². The Morgan fingerprint density at radius 3 is 2.29 bits per heavy atom. The van der Waals surface area contributed by atoms with E-state index >= 15 is 0 Å². The third-order valence-corrected chi connectivity index (χ3v) is 5.34. The molecule has 2 amide bonds. The molecule has 1 aliphatic heterocycles. The van der Waals surface area contributed by atoms with Crippen molar-refractivity contribution in [1.82, 2.24) is 4.90 Å². The molecule has 1 saturated carbocycles. The SMILES string of the molecule is O=C(CN1C(=O)[C@@H]2CCCC[C@H]2C1=O)OCc1ccc(Cl)c(Cl)c1. The average molecular weight is 370 g/mol. The third kappa shape index (κ3) is 3.42. The van der Waals surface area contributed by atoms with Crippen LogP contribution in [0.15, 0.2) is 18.2 Å². The Labute approximate surface area is 149 Å². The van der Waals surface area contributed by atoms with Gasteiger partial charge in [-0.15, -0.1) is 0 Å². The van der Waals surface area contributed by atoms with Gasteiger partial charge in [-0.3, -0.25) is 19.3 Å². The number of carbonyl (C=O) groups excluding carboxylic acids is 3. The van der Waals surface area contributed by atoms with Gasteiger partial charge < -0.3 is 4.74 Å².